The van der Waals surface area contributed by atoms with Crippen molar-refractivity contribution in [2.75, 3.05) is 6.66 Å². The van der Waals surface area contributed by atoms with Gasteiger partial charge >= 0.3 is 29.6 Å². The van der Waals surface area contributed by atoms with Gasteiger partial charge in [-0.15, -0.1) is 5.90 Å². The van der Waals surface area contributed by atoms with E-state index >= 15 is 0 Å². The average Bonchev–Trinajstić information content (AvgIpc) is 1.92. The summed E-state index contributed by atoms with van der Waals surface area (Å²) in [5.74, 6) is 1.11. The van der Waals surface area contributed by atoms with E-state index in [9.17, 15) is 9.13 Å². The number of hydrogen-bond donors (Lipinski definition) is 0. The van der Waals surface area contributed by atoms with Crippen LogP contribution in [0.3, 0.4) is 0 Å². The Hall–Kier alpha value is 1.34. The molecule has 0 bridgehead atoms. The molecule has 1 unspecified atom stereocenters. The summed E-state index contributed by atoms with van der Waals surface area (Å²) in [5.41, 5.74) is 0. The zero-order valence-electron chi connectivity index (χ0n) is 13.2. The fourth-order valence-electron chi connectivity index (χ4n) is 1.37. The Morgan fingerprint density at radius 3 is 1.37 bits per heavy atom. The fraction of sp³-hybridized carbons (Fsp3) is 0.909. The number of rotatable bonds is 8. The molecule has 0 aromatic carbocycles. The van der Waals surface area contributed by atoms with Gasteiger partial charge in [-0.05, 0) is 48.2 Å². The zero-order valence-corrected chi connectivity index (χ0v) is 17.0. The molecule has 0 saturated carbocycles. The molecule has 0 saturated heterocycles. The Kier molecular flexibility index (Phi) is 11.2. The maximum absolute atomic E-state index is 12.5. The third kappa shape index (κ3) is 11.7. The first-order chi connectivity index (χ1) is 7.96. The van der Waals surface area contributed by atoms with Crippen molar-refractivity contribution in [3.05, 3.63) is 5.90 Å². The van der Waals surface area contributed by atoms with E-state index in [1.54, 1.807) is 41.5 Å². The van der Waals surface area contributed by atoms with Gasteiger partial charge in [0.15, 0.2) is 7.60 Å². The summed E-state index contributed by atoms with van der Waals surface area (Å²) in [6, 6.07) is 0. The molecule has 0 aliphatic heterocycles. The monoisotopic (exact) mass is 322 g/mol. The summed E-state index contributed by atoms with van der Waals surface area (Å²) in [4.78, 5) is 0. The molecule has 0 aromatic heterocycles. The van der Waals surface area contributed by atoms with Gasteiger partial charge in [-0.2, -0.15) is 0 Å². The molecule has 0 amide bonds. The van der Waals surface area contributed by atoms with Crippen LogP contribution in [0.25, 0.3) is 0 Å². The van der Waals surface area contributed by atoms with Gasteiger partial charge in [-0.3, -0.25) is 4.57 Å². The molecule has 0 aliphatic rings. The van der Waals surface area contributed by atoms with Gasteiger partial charge in [-0.1, -0.05) is 0 Å². The second kappa shape index (κ2) is 9.38. The van der Waals surface area contributed by atoms with E-state index in [0.29, 0.717) is 0 Å². The molecule has 8 heteroatoms. The summed E-state index contributed by atoms with van der Waals surface area (Å²) < 4.78 is 40.5. The van der Waals surface area contributed by atoms with Gasteiger partial charge in [0.25, 0.3) is 0 Å². The van der Waals surface area contributed by atoms with Gasteiger partial charge in [-0.25, -0.2) is 0 Å². The summed E-state index contributed by atoms with van der Waals surface area (Å²) >= 11 is 0. The fourth-order valence-corrected chi connectivity index (χ4v) is 6.14. The van der Waals surface area contributed by atoms with Crippen molar-refractivity contribution in [1.29, 1.82) is 0 Å². The summed E-state index contributed by atoms with van der Waals surface area (Å²) in [5, 5.41) is 0. The molecule has 0 aliphatic carbocycles. The van der Waals surface area contributed by atoms with E-state index in [4.69, 9.17) is 13.6 Å². The molecule has 0 heterocycles. The Bertz CT molecular complexity index is 330. The molecule has 1 atom stereocenters. The largest absolute Gasteiger partial charge is 1.00 e. The molecule has 110 valence electrons. The molecule has 0 radical (unpaired) electrons. The number of hydrogen-bond acceptors (Lipinski definition) is 5. The standard InChI is InChI=1S/C11H25O5P2.Na/c1-9(2)14-17(7,12)8-18(13,15-10(3)4)16-11(5)6;/h8-11H,1-7H3;/q-1;+1. The van der Waals surface area contributed by atoms with E-state index in [1.807, 2.05) is 0 Å². The van der Waals surface area contributed by atoms with Gasteiger partial charge in [0.05, 0.1) is 25.7 Å². The SMILES string of the molecule is CC(C)OP(C)(=O)[CH-]P(=O)(OC(C)C)OC(C)C.[Na+]. The van der Waals surface area contributed by atoms with Crippen molar-refractivity contribution >= 4 is 15.0 Å². The van der Waals surface area contributed by atoms with E-state index in [0.717, 1.165) is 5.90 Å². The van der Waals surface area contributed by atoms with Crippen LogP contribution >= 0.6 is 15.0 Å². The molecule has 5 nitrogen and oxygen atoms in total. The van der Waals surface area contributed by atoms with E-state index in [2.05, 4.69) is 0 Å². The van der Waals surface area contributed by atoms with E-state index < -0.39 is 15.0 Å². The Morgan fingerprint density at radius 1 is 0.789 bits per heavy atom. The smallest absolute Gasteiger partial charge is 0.350 e. The van der Waals surface area contributed by atoms with Crippen LogP contribution in [0.1, 0.15) is 41.5 Å². The molecule has 0 aromatic rings. The maximum Gasteiger partial charge on any atom is 1.00 e. The maximum atomic E-state index is 12.5. The average molecular weight is 322 g/mol. The minimum Gasteiger partial charge on any atom is -0.350 e. The Balaban J connectivity index is 0. The topological polar surface area (TPSA) is 61.8 Å². The summed E-state index contributed by atoms with van der Waals surface area (Å²) in [6.45, 7) is 11.9. The third-order valence-electron chi connectivity index (χ3n) is 1.49. The minimum absolute atomic E-state index is 0. The van der Waals surface area contributed by atoms with Crippen LogP contribution in [0, 0.1) is 5.90 Å². The Morgan fingerprint density at radius 2 is 1.11 bits per heavy atom. The van der Waals surface area contributed by atoms with Gasteiger partial charge in [0.2, 0.25) is 0 Å². The van der Waals surface area contributed by atoms with Crippen molar-refractivity contribution in [3.8, 4) is 0 Å². The minimum atomic E-state index is -3.52. The summed E-state index contributed by atoms with van der Waals surface area (Å²) in [7, 11) is -6.64. The van der Waals surface area contributed by atoms with Crippen LogP contribution in [0.5, 0.6) is 0 Å². The summed E-state index contributed by atoms with van der Waals surface area (Å²) in [6.07, 6.45) is -0.793. The van der Waals surface area contributed by atoms with Crippen LogP contribution in [0.15, 0.2) is 0 Å². The van der Waals surface area contributed by atoms with Crippen LogP contribution in [0.2, 0.25) is 0 Å². The van der Waals surface area contributed by atoms with Crippen LogP contribution in [0.4, 0.5) is 0 Å². The van der Waals surface area contributed by atoms with Crippen molar-refractivity contribution < 1.29 is 52.3 Å². The first-order valence-corrected chi connectivity index (χ1v) is 9.80. The molecule has 0 spiro atoms. The molecular weight excluding hydrogens is 297 g/mol. The molecule has 19 heavy (non-hydrogen) atoms. The zero-order chi connectivity index (χ0) is 14.6. The van der Waals surface area contributed by atoms with Crippen molar-refractivity contribution in [3.63, 3.8) is 0 Å². The van der Waals surface area contributed by atoms with Crippen LogP contribution in [-0.2, 0) is 22.7 Å². The first-order valence-electron chi connectivity index (χ1n) is 6.05. The quantitative estimate of drug-likeness (QED) is 0.385. The van der Waals surface area contributed by atoms with Crippen LogP contribution in [-0.4, -0.2) is 25.0 Å². The van der Waals surface area contributed by atoms with Gasteiger partial charge < -0.3 is 18.1 Å². The van der Waals surface area contributed by atoms with E-state index in [-0.39, 0.29) is 47.9 Å². The van der Waals surface area contributed by atoms with E-state index in [1.165, 1.54) is 6.66 Å². The molecule has 0 N–H and O–H groups in total. The first kappa shape index (κ1) is 22.6. The predicted octanol–water partition coefficient (Wildman–Crippen LogP) is 1.49. The third-order valence-corrected chi connectivity index (χ3v) is 6.57. The predicted molar refractivity (Wildman–Crippen MR) is 74.1 cm³/mol. The van der Waals surface area contributed by atoms with Crippen LogP contribution < -0.4 is 29.6 Å². The molecular formula is C11H25NaO5P2. The van der Waals surface area contributed by atoms with Crippen molar-refractivity contribution in [1.82, 2.24) is 0 Å². The Labute approximate surface area is 139 Å². The van der Waals surface area contributed by atoms with Gasteiger partial charge in [0, 0.05) is 0 Å². The molecule has 0 rings (SSSR count). The van der Waals surface area contributed by atoms with Gasteiger partial charge in [0.1, 0.15) is 0 Å². The second-order valence-electron chi connectivity index (χ2n) is 5.03. The van der Waals surface area contributed by atoms with Crippen molar-refractivity contribution in [2.45, 2.75) is 59.9 Å². The second-order valence-corrected chi connectivity index (χ2v) is 9.48. The molecule has 0 fully saturated rings. The van der Waals surface area contributed by atoms with Crippen molar-refractivity contribution in [2.24, 2.45) is 0 Å². The normalized spacial score (nSPS) is 15.7.